The Balaban J connectivity index is 1.73. The van der Waals surface area contributed by atoms with Gasteiger partial charge in [0, 0.05) is 50.2 Å². The van der Waals surface area contributed by atoms with Gasteiger partial charge in [0.05, 0.1) is 11.7 Å². The van der Waals surface area contributed by atoms with Crippen molar-refractivity contribution in [3.05, 3.63) is 48.0 Å². The first kappa shape index (κ1) is 15.1. The van der Waals surface area contributed by atoms with Crippen molar-refractivity contribution >= 4 is 16.7 Å². The Morgan fingerprint density at radius 2 is 2.12 bits per heavy atom. The van der Waals surface area contributed by atoms with Gasteiger partial charge in [0.1, 0.15) is 12.1 Å². The first-order chi connectivity index (χ1) is 11.7. The molecule has 124 valence electrons. The Morgan fingerprint density at radius 1 is 1.25 bits per heavy atom. The van der Waals surface area contributed by atoms with Crippen LogP contribution in [-0.4, -0.2) is 44.6 Å². The van der Waals surface area contributed by atoms with E-state index < -0.39 is 0 Å². The summed E-state index contributed by atoms with van der Waals surface area (Å²) in [5.74, 6) is 1.41. The van der Waals surface area contributed by atoms with Crippen LogP contribution in [0.1, 0.15) is 17.0 Å². The molecule has 0 unspecified atom stereocenters. The largest absolute Gasteiger partial charge is 0.396 e. The molecule has 0 spiro atoms. The number of rotatable bonds is 3. The molecule has 2 aromatic heterocycles. The number of aliphatic hydroxyl groups excluding tert-OH is 1. The molecule has 0 aliphatic carbocycles. The van der Waals surface area contributed by atoms with Gasteiger partial charge in [-0.05, 0) is 24.1 Å². The lowest BCUT2D eigenvalue weighted by Gasteiger charge is -2.19. The monoisotopic (exact) mass is 323 g/mol. The Hall–Kier alpha value is -2.47. The molecule has 1 aliphatic heterocycles. The van der Waals surface area contributed by atoms with Gasteiger partial charge in [0.15, 0.2) is 0 Å². The fraction of sp³-hybridized carbons (Fsp3) is 0.389. The maximum absolute atomic E-state index is 9.85. The zero-order valence-corrected chi connectivity index (χ0v) is 13.9. The van der Waals surface area contributed by atoms with Crippen LogP contribution in [0, 0.1) is 12.8 Å². The second-order valence-corrected chi connectivity index (χ2v) is 6.57. The lowest BCUT2D eigenvalue weighted by atomic mass is 9.92. The molecule has 1 N–H and O–H groups in total. The van der Waals surface area contributed by atoms with E-state index in [-0.39, 0.29) is 18.4 Å². The molecule has 24 heavy (non-hydrogen) atoms. The Morgan fingerprint density at radius 3 is 2.88 bits per heavy atom. The summed E-state index contributed by atoms with van der Waals surface area (Å²) in [6, 6.07) is 6.13. The van der Waals surface area contributed by atoms with E-state index in [2.05, 4.69) is 33.0 Å². The Kier molecular flexibility index (Phi) is 3.69. The predicted molar refractivity (Wildman–Crippen MR) is 93.0 cm³/mol. The second kappa shape index (κ2) is 5.87. The highest BCUT2D eigenvalue weighted by atomic mass is 16.3. The molecule has 6 heteroatoms. The van der Waals surface area contributed by atoms with Gasteiger partial charge in [-0.15, -0.1) is 0 Å². The van der Waals surface area contributed by atoms with Gasteiger partial charge < -0.3 is 10.0 Å². The smallest absolute Gasteiger partial charge is 0.140 e. The van der Waals surface area contributed by atoms with E-state index in [1.165, 1.54) is 11.1 Å². The number of nitrogens with zero attached hydrogens (tertiary/aromatic N) is 5. The van der Waals surface area contributed by atoms with Crippen LogP contribution in [0.3, 0.4) is 0 Å². The standard InChI is InChI=1S/C18H21N5O/c1-12-4-3-5-16-17(12)18(20-11-19-16)23-8-14(10-24)15(9-23)13-6-21-22(2)7-13/h3-7,11,14-15,24H,8-10H2,1-2H3/t14-,15-/m0/s1. The van der Waals surface area contributed by atoms with E-state index in [1.807, 2.05) is 36.3 Å². The summed E-state index contributed by atoms with van der Waals surface area (Å²) in [5.41, 5.74) is 3.31. The van der Waals surface area contributed by atoms with E-state index in [4.69, 9.17) is 0 Å². The number of anilines is 1. The van der Waals surface area contributed by atoms with E-state index in [9.17, 15) is 5.11 Å². The summed E-state index contributed by atoms with van der Waals surface area (Å²) in [6.45, 7) is 3.87. The zero-order valence-electron chi connectivity index (χ0n) is 13.9. The van der Waals surface area contributed by atoms with Crippen LogP contribution in [-0.2, 0) is 7.05 Å². The van der Waals surface area contributed by atoms with E-state index in [0.717, 1.165) is 29.8 Å². The van der Waals surface area contributed by atoms with E-state index >= 15 is 0 Å². The van der Waals surface area contributed by atoms with Crippen LogP contribution in [0.25, 0.3) is 10.9 Å². The average molecular weight is 323 g/mol. The second-order valence-electron chi connectivity index (χ2n) is 6.57. The molecule has 0 amide bonds. The minimum Gasteiger partial charge on any atom is -0.396 e. The van der Waals surface area contributed by atoms with Gasteiger partial charge in [-0.1, -0.05) is 12.1 Å². The van der Waals surface area contributed by atoms with Crippen molar-refractivity contribution in [1.29, 1.82) is 0 Å². The number of aliphatic hydroxyl groups is 1. The summed E-state index contributed by atoms with van der Waals surface area (Å²) >= 11 is 0. The van der Waals surface area contributed by atoms with Crippen LogP contribution in [0.5, 0.6) is 0 Å². The maximum atomic E-state index is 9.85. The lowest BCUT2D eigenvalue weighted by Crippen LogP contribution is -2.22. The fourth-order valence-electron chi connectivity index (χ4n) is 3.74. The highest BCUT2D eigenvalue weighted by molar-refractivity contribution is 5.92. The molecule has 1 saturated heterocycles. The molecule has 0 saturated carbocycles. The number of hydrogen-bond donors (Lipinski definition) is 1. The molecule has 1 aromatic carbocycles. The van der Waals surface area contributed by atoms with Crippen molar-refractivity contribution in [2.45, 2.75) is 12.8 Å². The molecule has 0 radical (unpaired) electrons. The van der Waals surface area contributed by atoms with Gasteiger partial charge in [-0.25, -0.2) is 9.97 Å². The minimum atomic E-state index is 0.165. The molecule has 2 atom stereocenters. The van der Waals surface area contributed by atoms with Gasteiger partial charge in [0.25, 0.3) is 0 Å². The van der Waals surface area contributed by atoms with Crippen molar-refractivity contribution in [3.63, 3.8) is 0 Å². The van der Waals surface area contributed by atoms with Crippen LogP contribution >= 0.6 is 0 Å². The third-order valence-corrected chi connectivity index (χ3v) is 4.98. The normalized spacial score (nSPS) is 20.9. The van der Waals surface area contributed by atoms with E-state index in [0.29, 0.717) is 0 Å². The third kappa shape index (κ3) is 2.43. The van der Waals surface area contributed by atoms with Crippen molar-refractivity contribution in [3.8, 4) is 0 Å². The van der Waals surface area contributed by atoms with Gasteiger partial charge in [-0.2, -0.15) is 5.10 Å². The topological polar surface area (TPSA) is 67.1 Å². The number of benzene rings is 1. The van der Waals surface area contributed by atoms with Crippen molar-refractivity contribution in [2.24, 2.45) is 13.0 Å². The Bertz CT molecular complexity index is 869. The van der Waals surface area contributed by atoms with E-state index in [1.54, 1.807) is 6.33 Å². The van der Waals surface area contributed by atoms with Gasteiger partial charge in [0.2, 0.25) is 0 Å². The number of hydrogen-bond acceptors (Lipinski definition) is 5. The number of fused-ring (bicyclic) bond motifs is 1. The summed E-state index contributed by atoms with van der Waals surface area (Å²) < 4.78 is 1.82. The first-order valence-corrected chi connectivity index (χ1v) is 8.22. The number of aromatic nitrogens is 4. The number of aryl methyl sites for hydroxylation is 2. The quantitative estimate of drug-likeness (QED) is 0.797. The molecule has 3 heterocycles. The molecule has 4 rings (SSSR count). The van der Waals surface area contributed by atoms with Gasteiger partial charge >= 0.3 is 0 Å². The average Bonchev–Trinajstić information content (AvgIpc) is 3.20. The van der Waals surface area contributed by atoms with Crippen molar-refractivity contribution in [1.82, 2.24) is 19.7 Å². The molecule has 6 nitrogen and oxygen atoms in total. The SMILES string of the molecule is Cc1cccc2ncnc(N3C[C@@H](CO)[C@H](c4cnn(C)c4)C3)c12. The van der Waals surface area contributed by atoms with Crippen LogP contribution < -0.4 is 4.90 Å². The molecule has 1 fully saturated rings. The minimum absolute atomic E-state index is 0.165. The third-order valence-electron chi connectivity index (χ3n) is 4.98. The summed E-state index contributed by atoms with van der Waals surface area (Å²) in [4.78, 5) is 11.2. The summed E-state index contributed by atoms with van der Waals surface area (Å²) in [5, 5.41) is 15.2. The Labute approximate surface area is 140 Å². The molecular formula is C18H21N5O. The highest BCUT2D eigenvalue weighted by Gasteiger charge is 2.35. The molecule has 0 bridgehead atoms. The maximum Gasteiger partial charge on any atom is 0.140 e. The predicted octanol–water partition coefficient (Wildman–Crippen LogP) is 1.88. The van der Waals surface area contributed by atoms with Crippen LogP contribution in [0.2, 0.25) is 0 Å². The molecule has 3 aromatic rings. The van der Waals surface area contributed by atoms with Crippen LogP contribution in [0.4, 0.5) is 5.82 Å². The molecular weight excluding hydrogens is 302 g/mol. The van der Waals surface area contributed by atoms with Crippen LogP contribution in [0.15, 0.2) is 36.9 Å². The lowest BCUT2D eigenvalue weighted by molar-refractivity contribution is 0.227. The fourth-order valence-corrected chi connectivity index (χ4v) is 3.74. The summed E-state index contributed by atoms with van der Waals surface area (Å²) in [6.07, 6.45) is 5.57. The van der Waals surface area contributed by atoms with Gasteiger partial charge in [-0.3, -0.25) is 4.68 Å². The highest BCUT2D eigenvalue weighted by Crippen LogP contribution is 2.37. The van der Waals surface area contributed by atoms with Crippen molar-refractivity contribution < 1.29 is 5.11 Å². The van der Waals surface area contributed by atoms with Crippen molar-refractivity contribution in [2.75, 3.05) is 24.6 Å². The molecule has 1 aliphatic rings. The summed E-state index contributed by atoms with van der Waals surface area (Å²) in [7, 11) is 1.92. The first-order valence-electron chi connectivity index (χ1n) is 8.22. The zero-order chi connectivity index (χ0) is 16.7.